The van der Waals surface area contributed by atoms with Crippen molar-refractivity contribution in [2.45, 2.75) is 39.9 Å². The summed E-state index contributed by atoms with van der Waals surface area (Å²) in [4.78, 5) is 4.31. The maximum atomic E-state index is 5.83. The zero-order valence-electron chi connectivity index (χ0n) is 10.2. The molecule has 0 bridgehead atoms. The molecule has 4 nitrogen and oxygen atoms in total. The fourth-order valence-corrected chi connectivity index (χ4v) is 1.96. The molecule has 1 aliphatic heterocycles. The Morgan fingerprint density at radius 3 is 2.94 bits per heavy atom. The van der Waals surface area contributed by atoms with E-state index < -0.39 is 0 Å². The van der Waals surface area contributed by atoms with Crippen molar-refractivity contribution in [1.29, 1.82) is 0 Å². The van der Waals surface area contributed by atoms with Crippen LogP contribution in [0.5, 0.6) is 0 Å². The average molecular weight is 224 g/mol. The number of aromatic nitrogens is 1. The van der Waals surface area contributed by atoms with E-state index in [-0.39, 0.29) is 6.10 Å². The fraction of sp³-hybridized carbons (Fsp3) is 0.750. The van der Waals surface area contributed by atoms with Crippen LogP contribution in [0.1, 0.15) is 30.7 Å². The first-order chi connectivity index (χ1) is 7.66. The lowest BCUT2D eigenvalue weighted by Crippen LogP contribution is -2.40. The van der Waals surface area contributed by atoms with E-state index in [0.29, 0.717) is 18.4 Å². The molecule has 0 aliphatic carbocycles. The summed E-state index contributed by atoms with van der Waals surface area (Å²) in [5.41, 5.74) is 0.952. The van der Waals surface area contributed by atoms with Crippen LogP contribution in [0.3, 0.4) is 0 Å². The lowest BCUT2D eigenvalue weighted by atomic mass is 9.97. The molecule has 1 fully saturated rings. The number of piperidine rings is 1. The summed E-state index contributed by atoms with van der Waals surface area (Å²) in [7, 11) is 0. The van der Waals surface area contributed by atoms with Crippen molar-refractivity contribution in [3.8, 4) is 0 Å². The van der Waals surface area contributed by atoms with Crippen LogP contribution >= 0.6 is 0 Å². The molecule has 0 amide bonds. The van der Waals surface area contributed by atoms with E-state index in [4.69, 9.17) is 9.15 Å². The van der Waals surface area contributed by atoms with Gasteiger partial charge in [-0.1, -0.05) is 6.92 Å². The minimum absolute atomic E-state index is 0.279. The van der Waals surface area contributed by atoms with E-state index in [1.165, 1.54) is 6.42 Å². The van der Waals surface area contributed by atoms with Gasteiger partial charge in [-0.05, 0) is 32.7 Å². The molecule has 2 atom stereocenters. The number of nitrogens with one attached hydrogen (secondary N) is 1. The number of rotatable bonds is 3. The third-order valence-electron chi connectivity index (χ3n) is 3.25. The van der Waals surface area contributed by atoms with Crippen LogP contribution in [-0.4, -0.2) is 24.2 Å². The van der Waals surface area contributed by atoms with Crippen molar-refractivity contribution >= 4 is 0 Å². The highest BCUT2D eigenvalue weighted by molar-refractivity contribution is 5.04. The fourth-order valence-electron chi connectivity index (χ4n) is 1.96. The topological polar surface area (TPSA) is 47.3 Å². The van der Waals surface area contributed by atoms with Crippen molar-refractivity contribution < 1.29 is 9.15 Å². The van der Waals surface area contributed by atoms with Crippen LogP contribution in [0.2, 0.25) is 0 Å². The molecule has 0 aromatic carbocycles. The third-order valence-corrected chi connectivity index (χ3v) is 3.25. The average Bonchev–Trinajstić information content (AvgIpc) is 2.57. The van der Waals surface area contributed by atoms with E-state index in [1.54, 1.807) is 0 Å². The molecule has 0 spiro atoms. The van der Waals surface area contributed by atoms with Gasteiger partial charge in [0.1, 0.15) is 12.4 Å². The molecule has 1 aromatic rings. The van der Waals surface area contributed by atoms with E-state index in [1.807, 2.05) is 13.8 Å². The smallest absolute Gasteiger partial charge is 0.220 e. The minimum Gasteiger partial charge on any atom is -0.443 e. The Morgan fingerprint density at radius 1 is 1.50 bits per heavy atom. The van der Waals surface area contributed by atoms with Crippen molar-refractivity contribution in [2.75, 3.05) is 13.1 Å². The highest BCUT2D eigenvalue weighted by Gasteiger charge is 2.22. The van der Waals surface area contributed by atoms with E-state index in [9.17, 15) is 0 Å². The number of nitrogens with zero attached hydrogens (tertiary/aromatic N) is 1. The zero-order valence-corrected chi connectivity index (χ0v) is 10.2. The van der Waals surface area contributed by atoms with E-state index in [2.05, 4.69) is 17.2 Å². The first-order valence-corrected chi connectivity index (χ1v) is 5.92. The number of hydrogen-bond acceptors (Lipinski definition) is 4. The third kappa shape index (κ3) is 2.62. The maximum absolute atomic E-state index is 5.83. The van der Waals surface area contributed by atoms with Crippen molar-refractivity contribution in [1.82, 2.24) is 10.3 Å². The molecule has 90 valence electrons. The molecule has 1 aromatic heterocycles. The molecule has 0 radical (unpaired) electrons. The van der Waals surface area contributed by atoms with Gasteiger partial charge in [-0.2, -0.15) is 0 Å². The van der Waals surface area contributed by atoms with Gasteiger partial charge in [-0.15, -0.1) is 0 Å². The summed E-state index contributed by atoms with van der Waals surface area (Å²) in [6.07, 6.45) is 1.45. The van der Waals surface area contributed by atoms with Gasteiger partial charge in [-0.3, -0.25) is 0 Å². The lowest BCUT2D eigenvalue weighted by Gasteiger charge is -2.28. The van der Waals surface area contributed by atoms with Gasteiger partial charge in [0.2, 0.25) is 5.89 Å². The van der Waals surface area contributed by atoms with Gasteiger partial charge in [0, 0.05) is 6.54 Å². The highest BCUT2D eigenvalue weighted by Crippen LogP contribution is 2.17. The van der Waals surface area contributed by atoms with Crippen LogP contribution in [0.25, 0.3) is 0 Å². The first-order valence-electron chi connectivity index (χ1n) is 5.92. The van der Waals surface area contributed by atoms with Gasteiger partial charge in [-0.25, -0.2) is 4.98 Å². The Bertz CT molecular complexity index is 329. The minimum atomic E-state index is 0.279. The molecule has 2 rings (SSSR count). The van der Waals surface area contributed by atoms with Crippen LogP contribution < -0.4 is 5.32 Å². The molecule has 0 saturated carbocycles. The highest BCUT2D eigenvalue weighted by atomic mass is 16.5. The molecule has 16 heavy (non-hydrogen) atoms. The van der Waals surface area contributed by atoms with Crippen molar-refractivity contribution in [2.24, 2.45) is 5.92 Å². The molecule has 2 heterocycles. The number of ether oxygens (including phenoxy) is 1. The molecule has 4 heteroatoms. The predicted molar refractivity (Wildman–Crippen MR) is 61.2 cm³/mol. The zero-order chi connectivity index (χ0) is 11.5. The maximum Gasteiger partial charge on any atom is 0.220 e. The summed E-state index contributed by atoms with van der Waals surface area (Å²) in [6.45, 7) is 8.62. The summed E-state index contributed by atoms with van der Waals surface area (Å²) in [6, 6.07) is 0. The van der Waals surface area contributed by atoms with Crippen LogP contribution in [0.15, 0.2) is 4.42 Å². The summed E-state index contributed by atoms with van der Waals surface area (Å²) < 4.78 is 11.3. The standard InChI is InChI=1S/C12H20N2O2/c1-8-4-5-13-6-11(8)15-7-12-14-9(2)10(3)16-12/h8,11,13H,4-7H2,1-3H3. The second kappa shape index (κ2) is 4.97. The summed E-state index contributed by atoms with van der Waals surface area (Å²) >= 11 is 0. The monoisotopic (exact) mass is 224 g/mol. The molecule has 1 N–H and O–H groups in total. The summed E-state index contributed by atoms with van der Waals surface area (Å²) in [5, 5.41) is 3.34. The van der Waals surface area contributed by atoms with Crippen LogP contribution in [0, 0.1) is 19.8 Å². The molecule has 2 unspecified atom stereocenters. The number of aryl methyl sites for hydroxylation is 2. The Hall–Kier alpha value is -0.870. The van der Waals surface area contributed by atoms with Gasteiger partial charge in [0.05, 0.1) is 11.8 Å². The second-order valence-electron chi connectivity index (χ2n) is 4.57. The van der Waals surface area contributed by atoms with Crippen molar-refractivity contribution in [3.05, 3.63) is 17.3 Å². The van der Waals surface area contributed by atoms with Gasteiger partial charge in [0.25, 0.3) is 0 Å². The van der Waals surface area contributed by atoms with E-state index in [0.717, 1.165) is 24.5 Å². The Morgan fingerprint density at radius 2 is 2.31 bits per heavy atom. The SMILES string of the molecule is Cc1nc(COC2CNCCC2C)oc1C. The Kier molecular flexibility index (Phi) is 3.61. The number of hydrogen-bond donors (Lipinski definition) is 1. The van der Waals surface area contributed by atoms with Crippen molar-refractivity contribution in [3.63, 3.8) is 0 Å². The number of oxazole rings is 1. The van der Waals surface area contributed by atoms with Crippen LogP contribution in [-0.2, 0) is 11.3 Å². The molecular formula is C12H20N2O2. The van der Waals surface area contributed by atoms with Gasteiger partial charge >= 0.3 is 0 Å². The predicted octanol–water partition coefficient (Wildman–Crippen LogP) is 1.81. The van der Waals surface area contributed by atoms with Gasteiger partial charge < -0.3 is 14.5 Å². The lowest BCUT2D eigenvalue weighted by molar-refractivity contribution is -0.0154. The molecule has 1 aliphatic rings. The molecular weight excluding hydrogens is 204 g/mol. The van der Waals surface area contributed by atoms with Crippen LogP contribution in [0.4, 0.5) is 0 Å². The quantitative estimate of drug-likeness (QED) is 0.850. The largest absolute Gasteiger partial charge is 0.443 e. The molecule has 1 saturated heterocycles. The van der Waals surface area contributed by atoms with Gasteiger partial charge in [0.15, 0.2) is 0 Å². The second-order valence-corrected chi connectivity index (χ2v) is 4.57. The van der Waals surface area contributed by atoms with E-state index >= 15 is 0 Å². The summed E-state index contributed by atoms with van der Waals surface area (Å²) in [5.74, 6) is 2.18. The Balaban J connectivity index is 1.86. The first kappa shape index (κ1) is 11.6. The Labute approximate surface area is 96.4 Å². The normalized spacial score (nSPS) is 25.9.